The van der Waals surface area contributed by atoms with Gasteiger partial charge < -0.3 is 10.1 Å². The number of nitrogens with one attached hydrogen (secondary N) is 1. The van der Waals surface area contributed by atoms with Crippen LogP contribution in [-0.4, -0.2) is 22.1 Å². The smallest absolute Gasteiger partial charge is 0.157 e. The molecule has 0 saturated carbocycles. The zero-order valence-electron chi connectivity index (χ0n) is 12.2. The van der Waals surface area contributed by atoms with Crippen molar-refractivity contribution in [1.29, 1.82) is 0 Å². The molecule has 4 nitrogen and oxygen atoms in total. The molecule has 1 N–H and O–H groups in total. The second kappa shape index (κ2) is 6.81. The van der Waals surface area contributed by atoms with Crippen molar-refractivity contribution in [3.63, 3.8) is 0 Å². The molecule has 0 spiro atoms. The number of nitrogens with zero attached hydrogens (tertiary/aromatic N) is 2. The maximum absolute atomic E-state index is 5.59. The number of rotatable bonds is 6. The van der Waals surface area contributed by atoms with Crippen LogP contribution in [0.3, 0.4) is 0 Å². The molecule has 18 heavy (non-hydrogen) atoms. The quantitative estimate of drug-likeness (QED) is 0.844. The minimum absolute atomic E-state index is 0.0135. The van der Waals surface area contributed by atoms with Crippen LogP contribution in [0.1, 0.15) is 58.5 Å². The van der Waals surface area contributed by atoms with Crippen LogP contribution < -0.4 is 5.32 Å². The molecular weight excluding hydrogens is 226 g/mol. The van der Waals surface area contributed by atoms with Crippen LogP contribution in [0.15, 0.2) is 12.4 Å². The Labute approximate surface area is 110 Å². The third-order valence-corrected chi connectivity index (χ3v) is 2.57. The molecule has 0 aromatic carbocycles. The van der Waals surface area contributed by atoms with E-state index in [-0.39, 0.29) is 11.6 Å². The molecule has 102 valence electrons. The SMILES string of the molecule is CCOC(CC)c1ncc(CNC(C)(C)C)cn1. The summed E-state index contributed by atoms with van der Waals surface area (Å²) in [5.41, 5.74) is 1.20. The second-order valence-corrected chi connectivity index (χ2v) is 5.41. The highest BCUT2D eigenvalue weighted by atomic mass is 16.5. The molecule has 0 aliphatic rings. The Morgan fingerprint density at radius 3 is 2.28 bits per heavy atom. The summed E-state index contributed by atoms with van der Waals surface area (Å²) in [7, 11) is 0. The molecule has 0 aliphatic heterocycles. The van der Waals surface area contributed by atoms with Crippen LogP contribution in [0.25, 0.3) is 0 Å². The van der Waals surface area contributed by atoms with Gasteiger partial charge in [-0.2, -0.15) is 0 Å². The van der Waals surface area contributed by atoms with E-state index in [1.807, 2.05) is 19.3 Å². The molecule has 0 fully saturated rings. The van der Waals surface area contributed by atoms with Crippen molar-refractivity contribution in [2.75, 3.05) is 6.61 Å². The van der Waals surface area contributed by atoms with Crippen LogP contribution in [-0.2, 0) is 11.3 Å². The second-order valence-electron chi connectivity index (χ2n) is 5.41. The van der Waals surface area contributed by atoms with Crippen LogP contribution in [0.2, 0.25) is 0 Å². The fourth-order valence-corrected chi connectivity index (χ4v) is 1.57. The fourth-order valence-electron chi connectivity index (χ4n) is 1.57. The van der Waals surface area contributed by atoms with Crippen molar-refractivity contribution < 1.29 is 4.74 Å². The lowest BCUT2D eigenvalue weighted by Crippen LogP contribution is -2.35. The summed E-state index contributed by atoms with van der Waals surface area (Å²) in [6, 6.07) is 0. The zero-order valence-corrected chi connectivity index (χ0v) is 12.2. The van der Waals surface area contributed by atoms with E-state index in [1.165, 1.54) is 0 Å². The van der Waals surface area contributed by atoms with Crippen molar-refractivity contribution >= 4 is 0 Å². The molecule has 0 bridgehead atoms. The molecule has 0 amide bonds. The molecule has 1 heterocycles. The number of hydrogen-bond acceptors (Lipinski definition) is 4. The van der Waals surface area contributed by atoms with Gasteiger partial charge in [0.25, 0.3) is 0 Å². The first-order valence-electron chi connectivity index (χ1n) is 6.63. The number of aromatic nitrogens is 2. The highest BCUT2D eigenvalue weighted by Crippen LogP contribution is 2.16. The fraction of sp³-hybridized carbons (Fsp3) is 0.714. The van der Waals surface area contributed by atoms with Crippen LogP contribution in [0.5, 0.6) is 0 Å². The third kappa shape index (κ3) is 5.10. The van der Waals surface area contributed by atoms with E-state index in [0.29, 0.717) is 6.61 Å². The predicted molar refractivity (Wildman–Crippen MR) is 73.3 cm³/mol. The van der Waals surface area contributed by atoms with Gasteiger partial charge in [-0.15, -0.1) is 0 Å². The molecule has 1 aromatic heterocycles. The molecule has 1 aromatic rings. The average Bonchev–Trinajstić information content (AvgIpc) is 2.33. The summed E-state index contributed by atoms with van der Waals surface area (Å²) in [6.45, 7) is 12.0. The van der Waals surface area contributed by atoms with E-state index in [2.05, 4.69) is 43.0 Å². The maximum Gasteiger partial charge on any atom is 0.157 e. The Morgan fingerprint density at radius 1 is 1.22 bits per heavy atom. The standard InChI is InChI=1S/C14H25N3O/c1-6-12(18-7-2)13-15-8-11(9-16-13)10-17-14(3,4)5/h8-9,12,17H,6-7,10H2,1-5H3. The van der Waals surface area contributed by atoms with E-state index < -0.39 is 0 Å². The first-order chi connectivity index (χ1) is 8.46. The molecular formula is C14H25N3O. The summed E-state index contributed by atoms with van der Waals surface area (Å²) in [4.78, 5) is 8.79. The van der Waals surface area contributed by atoms with Gasteiger partial charge in [-0.05, 0) is 34.1 Å². The Kier molecular flexibility index (Phi) is 5.69. The molecule has 1 atom stereocenters. The van der Waals surface area contributed by atoms with Crippen molar-refractivity contribution in [3.8, 4) is 0 Å². The summed E-state index contributed by atoms with van der Waals surface area (Å²) in [6.07, 6.45) is 4.67. The molecule has 0 radical (unpaired) electrons. The van der Waals surface area contributed by atoms with Crippen molar-refractivity contribution in [2.45, 2.75) is 59.2 Å². The Hall–Kier alpha value is -1.00. The Bertz CT molecular complexity index is 343. The lowest BCUT2D eigenvalue weighted by atomic mass is 10.1. The van der Waals surface area contributed by atoms with Crippen molar-refractivity contribution in [2.24, 2.45) is 0 Å². The van der Waals surface area contributed by atoms with Gasteiger partial charge in [0.05, 0.1) is 0 Å². The lowest BCUT2D eigenvalue weighted by Gasteiger charge is -2.20. The Balaban J connectivity index is 2.61. The van der Waals surface area contributed by atoms with E-state index in [1.54, 1.807) is 0 Å². The van der Waals surface area contributed by atoms with E-state index in [4.69, 9.17) is 4.74 Å². The zero-order chi connectivity index (χ0) is 13.6. The maximum atomic E-state index is 5.59. The number of ether oxygens (including phenoxy) is 1. The van der Waals surface area contributed by atoms with Crippen molar-refractivity contribution in [1.82, 2.24) is 15.3 Å². The van der Waals surface area contributed by atoms with Crippen LogP contribution in [0, 0.1) is 0 Å². The van der Waals surface area contributed by atoms with Gasteiger partial charge in [0.1, 0.15) is 6.10 Å². The van der Waals surface area contributed by atoms with Crippen LogP contribution >= 0.6 is 0 Å². The van der Waals surface area contributed by atoms with Gasteiger partial charge in [-0.1, -0.05) is 6.92 Å². The molecule has 4 heteroatoms. The summed E-state index contributed by atoms with van der Waals surface area (Å²) >= 11 is 0. The average molecular weight is 251 g/mol. The van der Waals surface area contributed by atoms with E-state index in [9.17, 15) is 0 Å². The topological polar surface area (TPSA) is 47.0 Å². The summed E-state index contributed by atoms with van der Waals surface area (Å²) in [5.74, 6) is 0.777. The van der Waals surface area contributed by atoms with E-state index in [0.717, 1.165) is 24.4 Å². The van der Waals surface area contributed by atoms with Crippen LogP contribution in [0.4, 0.5) is 0 Å². The van der Waals surface area contributed by atoms with Gasteiger partial charge in [0.2, 0.25) is 0 Å². The summed E-state index contributed by atoms with van der Waals surface area (Å²) in [5, 5.41) is 3.41. The minimum atomic E-state index is 0.0135. The largest absolute Gasteiger partial charge is 0.371 e. The molecule has 1 unspecified atom stereocenters. The normalized spacial score (nSPS) is 13.6. The first-order valence-corrected chi connectivity index (χ1v) is 6.63. The van der Waals surface area contributed by atoms with Gasteiger partial charge in [0.15, 0.2) is 5.82 Å². The highest BCUT2D eigenvalue weighted by molar-refractivity contribution is 5.06. The predicted octanol–water partition coefficient (Wildman–Crippen LogP) is 2.85. The molecule has 0 saturated heterocycles. The third-order valence-electron chi connectivity index (χ3n) is 2.57. The lowest BCUT2D eigenvalue weighted by molar-refractivity contribution is 0.0534. The molecule has 1 rings (SSSR count). The van der Waals surface area contributed by atoms with Gasteiger partial charge in [-0.3, -0.25) is 0 Å². The first kappa shape index (κ1) is 15.1. The monoisotopic (exact) mass is 251 g/mol. The Morgan fingerprint density at radius 2 is 1.83 bits per heavy atom. The van der Waals surface area contributed by atoms with Crippen molar-refractivity contribution in [3.05, 3.63) is 23.8 Å². The highest BCUT2D eigenvalue weighted by Gasteiger charge is 2.13. The summed E-state index contributed by atoms with van der Waals surface area (Å²) < 4.78 is 5.59. The molecule has 0 aliphatic carbocycles. The number of hydrogen-bond donors (Lipinski definition) is 1. The van der Waals surface area contributed by atoms with Gasteiger partial charge >= 0.3 is 0 Å². The minimum Gasteiger partial charge on any atom is -0.371 e. The van der Waals surface area contributed by atoms with E-state index >= 15 is 0 Å². The van der Waals surface area contributed by atoms with Gasteiger partial charge in [0, 0.05) is 36.6 Å². The van der Waals surface area contributed by atoms with Gasteiger partial charge in [-0.25, -0.2) is 9.97 Å².